The Hall–Kier alpha value is -3.03. The Labute approximate surface area is 149 Å². The van der Waals surface area contributed by atoms with Crippen LogP contribution in [0.1, 0.15) is 48.5 Å². The molecule has 3 N–H and O–H groups in total. The first-order valence-electron chi connectivity index (χ1n) is 8.79. The molecule has 136 valence electrons. The number of carbonyl (C=O) groups excluding carboxylic acids is 1. The number of hydrogen-bond donors (Lipinski definition) is 3. The van der Waals surface area contributed by atoms with Crippen LogP contribution in [0.15, 0.2) is 27.8 Å². The van der Waals surface area contributed by atoms with Crippen molar-refractivity contribution in [1.82, 2.24) is 15.1 Å². The Bertz CT molecular complexity index is 986. The van der Waals surface area contributed by atoms with Crippen molar-refractivity contribution in [3.05, 3.63) is 44.5 Å². The van der Waals surface area contributed by atoms with Gasteiger partial charge in [0, 0.05) is 7.05 Å². The van der Waals surface area contributed by atoms with Crippen LogP contribution in [0.25, 0.3) is 0 Å². The van der Waals surface area contributed by atoms with E-state index in [2.05, 4.69) is 15.7 Å². The number of amides is 1. The highest BCUT2D eigenvalue weighted by Crippen LogP contribution is 2.40. The molecule has 26 heavy (non-hydrogen) atoms. The van der Waals surface area contributed by atoms with Gasteiger partial charge in [-0.05, 0) is 25.0 Å². The van der Waals surface area contributed by atoms with E-state index >= 15 is 0 Å². The lowest BCUT2D eigenvalue weighted by Crippen LogP contribution is -2.36. The zero-order valence-corrected chi connectivity index (χ0v) is 14.4. The smallest absolute Gasteiger partial charge is 0.308 e. The second kappa shape index (κ2) is 6.36. The van der Waals surface area contributed by atoms with Crippen LogP contribution in [0.4, 0.5) is 11.4 Å². The lowest BCUT2D eigenvalue weighted by atomic mass is 9.95. The van der Waals surface area contributed by atoms with E-state index in [0.717, 1.165) is 32.1 Å². The fourth-order valence-corrected chi connectivity index (χ4v) is 3.64. The summed E-state index contributed by atoms with van der Waals surface area (Å²) < 4.78 is 7.13. The van der Waals surface area contributed by atoms with Gasteiger partial charge < -0.3 is 15.4 Å². The van der Waals surface area contributed by atoms with Gasteiger partial charge in [0.15, 0.2) is 11.4 Å². The molecule has 1 amide bonds. The average Bonchev–Trinajstić information content (AvgIpc) is 2.69. The van der Waals surface area contributed by atoms with Gasteiger partial charge in [0.1, 0.15) is 0 Å². The van der Waals surface area contributed by atoms with Gasteiger partial charge in [0.25, 0.3) is 11.5 Å². The van der Waals surface area contributed by atoms with E-state index in [1.54, 1.807) is 18.2 Å². The number of H-pyrrole nitrogens is 1. The topological polar surface area (TPSA) is 105 Å². The number of fused-ring (bicyclic) bond motifs is 2. The number of carbonyl (C=O) groups is 1. The SMILES string of the molecule is CNC(=O)c1cccc2c1Oc1c(c(=O)n(C3CCCCC3)[nH]c1=O)N2. The molecule has 0 unspecified atom stereocenters. The largest absolute Gasteiger partial charge is 0.446 e. The molecule has 0 bridgehead atoms. The highest BCUT2D eigenvalue weighted by Gasteiger charge is 2.29. The van der Waals surface area contributed by atoms with Gasteiger partial charge in [-0.15, -0.1) is 0 Å². The summed E-state index contributed by atoms with van der Waals surface area (Å²) in [6.07, 6.45) is 4.97. The van der Waals surface area contributed by atoms with Crippen LogP contribution < -0.4 is 26.5 Å². The van der Waals surface area contributed by atoms with Crippen LogP contribution in [0.2, 0.25) is 0 Å². The number of para-hydroxylation sites is 1. The number of hydrogen-bond acceptors (Lipinski definition) is 5. The van der Waals surface area contributed by atoms with Crippen molar-refractivity contribution in [2.24, 2.45) is 0 Å². The number of aromatic amines is 1. The molecule has 1 fully saturated rings. The van der Waals surface area contributed by atoms with Crippen LogP contribution in [0.5, 0.6) is 11.5 Å². The Morgan fingerprint density at radius 1 is 1.19 bits per heavy atom. The summed E-state index contributed by atoms with van der Waals surface area (Å²) in [7, 11) is 1.52. The quantitative estimate of drug-likeness (QED) is 0.653. The maximum Gasteiger partial charge on any atom is 0.308 e. The molecule has 1 saturated carbocycles. The van der Waals surface area contributed by atoms with E-state index in [9.17, 15) is 14.4 Å². The van der Waals surface area contributed by atoms with Gasteiger partial charge in [-0.2, -0.15) is 0 Å². The van der Waals surface area contributed by atoms with Crippen molar-refractivity contribution < 1.29 is 9.53 Å². The first-order valence-corrected chi connectivity index (χ1v) is 8.79. The summed E-state index contributed by atoms with van der Waals surface area (Å²) in [5.41, 5.74) is 0.0777. The molecular weight excluding hydrogens is 336 g/mol. The summed E-state index contributed by atoms with van der Waals surface area (Å²) in [5.74, 6) is -0.204. The van der Waals surface area contributed by atoms with Crippen LogP contribution in [0.3, 0.4) is 0 Å². The molecule has 8 nitrogen and oxygen atoms in total. The van der Waals surface area contributed by atoms with Crippen molar-refractivity contribution in [2.75, 3.05) is 12.4 Å². The minimum atomic E-state index is -0.491. The molecular formula is C18H20N4O4. The molecule has 0 atom stereocenters. The minimum Gasteiger partial charge on any atom is -0.446 e. The Morgan fingerprint density at radius 3 is 2.69 bits per heavy atom. The molecule has 1 aromatic carbocycles. The number of anilines is 2. The molecule has 2 aromatic rings. The third kappa shape index (κ3) is 2.58. The van der Waals surface area contributed by atoms with Crippen LogP contribution in [0, 0.1) is 0 Å². The molecule has 1 aliphatic carbocycles. The second-order valence-corrected chi connectivity index (χ2v) is 6.60. The van der Waals surface area contributed by atoms with Crippen molar-refractivity contribution >= 4 is 17.3 Å². The molecule has 4 rings (SSSR count). The summed E-state index contributed by atoms with van der Waals surface area (Å²) in [6.45, 7) is 0. The minimum absolute atomic E-state index is 0.00495. The van der Waals surface area contributed by atoms with E-state index in [1.807, 2.05) is 0 Å². The summed E-state index contributed by atoms with van der Waals surface area (Å²) >= 11 is 0. The summed E-state index contributed by atoms with van der Waals surface area (Å²) in [4.78, 5) is 37.5. The fraction of sp³-hybridized carbons (Fsp3) is 0.389. The zero-order chi connectivity index (χ0) is 18.3. The molecule has 0 radical (unpaired) electrons. The van der Waals surface area contributed by atoms with E-state index in [4.69, 9.17) is 4.74 Å². The molecule has 0 spiro atoms. The maximum absolute atomic E-state index is 12.9. The molecule has 2 aliphatic rings. The molecule has 1 aliphatic heterocycles. The van der Waals surface area contributed by atoms with Gasteiger partial charge >= 0.3 is 5.56 Å². The van der Waals surface area contributed by atoms with E-state index in [1.165, 1.54) is 11.7 Å². The van der Waals surface area contributed by atoms with E-state index in [0.29, 0.717) is 11.3 Å². The Kier molecular flexibility index (Phi) is 4.02. The molecule has 0 saturated heterocycles. The first kappa shape index (κ1) is 16.4. The van der Waals surface area contributed by atoms with Crippen molar-refractivity contribution in [3.8, 4) is 11.5 Å². The molecule has 2 heterocycles. The normalized spacial score (nSPS) is 16.0. The highest BCUT2D eigenvalue weighted by molar-refractivity contribution is 5.99. The standard InChI is InChI=1S/C18H20N4O4/c1-19-16(23)11-8-5-9-12-14(11)26-15-13(20-12)18(25)22(21-17(15)24)10-6-3-2-4-7-10/h5,8-10,20H,2-4,6-7H2,1H3,(H,19,23)(H,21,24). The Morgan fingerprint density at radius 2 is 1.96 bits per heavy atom. The third-order valence-corrected chi connectivity index (χ3v) is 4.98. The van der Waals surface area contributed by atoms with Crippen molar-refractivity contribution in [1.29, 1.82) is 0 Å². The van der Waals surface area contributed by atoms with Gasteiger partial charge in [0.2, 0.25) is 5.75 Å². The summed E-state index contributed by atoms with van der Waals surface area (Å²) in [5, 5.41) is 8.18. The lowest BCUT2D eigenvalue weighted by molar-refractivity contribution is 0.0961. The average molecular weight is 356 g/mol. The van der Waals surface area contributed by atoms with E-state index < -0.39 is 5.56 Å². The lowest BCUT2D eigenvalue weighted by Gasteiger charge is -2.26. The van der Waals surface area contributed by atoms with Gasteiger partial charge in [-0.3, -0.25) is 19.5 Å². The fourth-order valence-electron chi connectivity index (χ4n) is 3.64. The molecule has 8 heteroatoms. The molecule has 1 aromatic heterocycles. The summed E-state index contributed by atoms with van der Waals surface area (Å²) in [6, 6.07) is 4.99. The van der Waals surface area contributed by atoms with Crippen LogP contribution >= 0.6 is 0 Å². The van der Waals surface area contributed by atoms with Gasteiger partial charge in [-0.25, -0.2) is 4.68 Å². The maximum atomic E-state index is 12.9. The number of aromatic nitrogens is 2. The number of rotatable bonds is 2. The third-order valence-electron chi connectivity index (χ3n) is 4.98. The number of benzene rings is 1. The second-order valence-electron chi connectivity index (χ2n) is 6.60. The number of ether oxygens (including phenoxy) is 1. The van der Waals surface area contributed by atoms with Gasteiger partial charge in [-0.1, -0.05) is 25.3 Å². The number of nitrogens with one attached hydrogen (secondary N) is 3. The monoisotopic (exact) mass is 356 g/mol. The first-order chi connectivity index (χ1) is 12.6. The van der Waals surface area contributed by atoms with Crippen LogP contribution in [-0.4, -0.2) is 22.7 Å². The van der Waals surface area contributed by atoms with Crippen molar-refractivity contribution in [2.45, 2.75) is 38.1 Å². The van der Waals surface area contributed by atoms with Gasteiger partial charge in [0.05, 0.1) is 17.3 Å². The number of nitrogens with zero attached hydrogens (tertiary/aromatic N) is 1. The Balaban J connectivity index is 1.81. The highest BCUT2D eigenvalue weighted by atomic mass is 16.5. The van der Waals surface area contributed by atoms with E-state index in [-0.39, 0.29) is 34.7 Å². The van der Waals surface area contributed by atoms with Crippen molar-refractivity contribution in [3.63, 3.8) is 0 Å². The van der Waals surface area contributed by atoms with Crippen LogP contribution in [-0.2, 0) is 0 Å². The predicted octanol–water partition coefficient (Wildman–Crippen LogP) is 2.25. The zero-order valence-electron chi connectivity index (χ0n) is 14.4. The predicted molar refractivity (Wildman–Crippen MR) is 96.6 cm³/mol.